The molecular formula is C23H19IO5. The van der Waals surface area contributed by atoms with Crippen molar-refractivity contribution < 1.29 is 23.8 Å². The Kier molecular flexibility index (Phi) is 7.63. The van der Waals surface area contributed by atoms with E-state index in [4.69, 9.17) is 14.2 Å². The number of esters is 1. The predicted molar refractivity (Wildman–Crippen MR) is 117 cm³/mol. The van der Waals surface area contributed by atoms with E-state index in [0.717, 1.165) is 11.1 Å². The number of carbonyl (C=O) groups is 2. The number of benzene rings is 3. The van der Waals surface area contributed by atoms with E-state index in [1.54, 1.807) is 40.8 Å². The maximum absolute atomic E-state index is 11.9. The van der Waals surface area contributed by atoms with Gasteiger partial charge in [-0.2, -0.15) is 0 Å². The van der Waals surface area contributed by atoms with Crippen LogP contribution in [-0.4, -0.2) is 16.2 Å². The van der Waals surface area contributed by atoms with E-state index in [1.165, 1.54) is 0 Å². The molecule has 0 heterocycles. The lowest BCUT2D eigenvalue weighted by atomic mass is 10.2. The number of halogens is 1. The summed E-state index contributed by atoms with van der Waals surface area (Å²) in [6, 6.07) is 24.4. The zero-order chi connectivity index (χ0) is 20.5. The van der Waals surface area contributed by atoms with Crippen molar-refractivity contribution in [3.05, 3.63) is 90.0 Å². The summed E-state index contributed by atoms with van der Waals surface area (Å²) in [5.41, 5.74) is 2.02. The van der Waals surface area contributed by atoms with Gasteiger partial charge in [-0.05, 0) is 23.3 Å². The van der Waals surface area contributed by atoms with Gasteiger partial charge in [-0.1, -0.05) is 83.3 Å². The van der Waals surface area contributed by atoms with E-state index >= 15 is 0 Å². The number of ether oxygens (including phenoxy) is 3. The van der Waals surface area contributed by atoms with Gasteiger partial charge in [-0.3, -0.25) is 4.79 Å². The van der Waals surface area contributed by atoms with Gasteiger partial charge < -0.3 is 19.0 Å². The Morgan fingerprint density at radius 2 is 1.38 bits per heavy atom. The van der Waals surface area contributed by atoms with Crippen molar-refractivity contribution in [2.45, 2.75) is 17.1 Å². The number of rotatable bonds is 9. The van der Waals surface area contributed by atoms with E-state index < -0.39 is 9.89 Å². The monoisotopic (exact) mass is 502 g/mol. The number of alkyl halides is 1. The zero-order valence-corrected chi connectivity index (χ0v) is 17.7. The van der Waals surface area contributed by atoms with Crippen molar-refractivity contribution in [3.63, 3.8) is 0 Å². The second kappa shape index (κ2) is 10.6. The van der Waals surface area contributed by atoms with E-state index in [2.05, 4.69) is 0 Å². The number of aldehydes is 1. The minimum atomic E-state index is -0.865. The van der Waals surface area contributed by atoms with Gasteiger partial charge >= 0.3 is 5.97 Å². The maximum Gasteiger partial charge on any atom is 0.331 e. The van der Waals surface area contributed by atoms with Crippen LogP contribution in [0.15, 0.2) is 78.9 Å². The smallest absolute Gasteiger partial charge is 0.331 e. The van der Waals surface area contributed by atoms with Crippen molar-refractivity contribution in [2.24, 2.45) is 0 Å². The Morgan fingerprint density at radius 1 is 0.828 bits per heavy atom. The normalized spacial score (nSPS) is 11.3. The predicted octanol–water partition coefficient (Wildman–Crippen LogP) is 4.75. The summed E-state index contributed by atoms with van der Waals surface area (Å²) in [4.78, 5) is 22.7. The fourth-order valence-electron chi connectivity index (χ4n) is 2.48. The minimum Gasteiger partial charge on any atom is -0.485 e. The van der Waals surface area contributed by atoms with Crippen LogP contribution < -0.4 is 14.2 Å². The fraction of sp³-hybridized carbons (Fsp3) is 0.130. The largest absolute Gasteiger partial charge is 0.485 e. The summed E-state index contributed by atoms with van der Waals surface area (Å²) in [5.74, 6) is 0.637. The summed E-state index contributed by atoms with van der Waals surface area (Å²) in [6.07, 6.45) is 0.535. The highest BCUT2D eigenvalue weighted by Gasteiger charge is 2.17. The lowest BCUT2D eigenvalue weighted by molar-refractivity contribution is -0.134. The SMILES string of the molecule is O=CC(I)C(=O)Oc1ccc(OCc2ccccc2)c(OCc2ccccc2)c1. The van der Waals surface area contributed by atoms with E-state index in [9.17, 15) is 9.59 Å². The van der Waals surface area contributed by atoms with Gasteiger partial charge in [0.1, 0.15) is 25.2 Å². The van der Waals surface area contributed by atoms with E-state index in [-0.39, 0.29) is 5.75 Å². The van der Waals surface area contributed by atoms with Gasteiger partial charge in [0.15, 0.2) is 15.4 Å². The quantitative estimate of drug-likeness (QED) is 0.106. The molecule has 29 heavy (non-hydrogen) atoms. The molecule has 0 aliphatic carbocycles. The van der Waals surface area contributed by atoms with Gasteiger partial charge in [-0.25, -0.2) is 0 Å². The highest BCUT2D eigenvalue weighted by atomic mass is 127. The summed E-state index contributed by atoms with van der Waals surface area (Å²) in [5, 5.41) is 0. The topological polar surface area (TPSA) is 61.8 Å². The Bertz CT molecular complexity index is 944. The molecule has 1 unspecified atom stereocenters. The molecule has 3 rings (SSSR count). The van der Waals surface area contributed by atoms with Crippen LogP contribution in [0.2, 0.25) is 0 Å². The Morgan fingerprint density at radius 3 is 1.93 bits per heavy atom. The zero-order valence-electron chi connectivity index (χ0n) is 15.5. The van der Waals surface area contributed by atoms with Crippen LogP contribution >= 0.6 is 22.6 Å². The van der Waals surface area contributed by atoms with E-state index in [1.807, 2.05) is 60.7 Å². The molecule has 6 heteroatoms. The van der Waals surface area contributed by atoms with Crippen molar-refractivity contribution in [3.8, 4) is 17.2 Å². The Hall–Kier alpha value is -2.87. The van der Waals surface area contributed by atoms with Gasteiger partial charge in [0.25, 0.3) is 0 Å². The molecule has 0 aliphatic rings. The Balaban J connectivity index is 1.77. The first-order valence-electron chi connectivity index (χ1n) is 8.94. The highest BCUT2D eigenvalue weighted by Crippen LogP contribution is 2.33. The van der Waals surface area contributed by atoms with Crippen molar-refractivity contribution in [2.75, 3.05) is 0 Å². The standard InChI is InChI=1S/C23H19IO5/c24-20(14-25)23(26)29-19-11-12-21(27-15-17-7-3-1-4-8-17)22(13-19)28-16-18-9-5-2-6-10-18/h1-14,20H,15-16H2. The average molecular weight is 502 g/mol. The summed E-state index contributed by atoms with van der Waals surface area (Å²) in [7, 11) is 0. The molecule has 0 bridgehead atoms. The van der Waals surface area contributed by atoms with Gasteiger partial charge in [0.05, 0.1) is 0 Å². The lowest BCUT2D eigenvalue weighted by Gasteiger charge is -2.15. The third-order valence-electron chi connectivity index (χ3n) is 3.95. The van der Waals surface area contributed by atoms with E-state index in [0.29, 0.717) is 31.0 Å². The van der Waals surface area contributed by atoms with Gasteiger partial charge in [-0.15, -0.1) is 0 Å². The molecule has 0 N–H and O–H groups in total. The second-order valence-corrected chi connectivity index (χ2v) is 7.46. The first kappa shape index (κ1) is 20.9. The molecule has 0 amide bonds. The third kappa shape index (κ3) is 6.32. The molecule has 0 fully saturated rings. The third-order valence-corrected chi connectivity index (χ3v) is 4.75. The highest BCUT2D eigenvalue weighted by molar-refractivity contribution is 14.1. The molecule has 148 valence electrons. The molecule has 1 atom stereocenters. The Labute approximate surface area is 182 Å². The average Bonchev–Trinajstić information content (AvgIpc) is 2.77. The molecule has 0 saturated carbocycles. The van der Waals surface area contributed by atoms with Crippen molar-refractivity contribution >= 4 is 34.8 Å². The molecule has 0 spiro atoms. The van der Waals surface area contributed by atoms with Crippen LogP contribution in [0.5, 0.6) is 17.2 Å². The molecule has 0 saturated heterocycles. The lowest BCUT2D eigenvalue weighted by Crippen LogP contribution is -2.21. The van der Waals surface area contributed by atoms with Gasteiger partial charge in [0.2, 0.25) is 0 Å². The van der Waals surface area contributed by atoms with Crippen LogP contribution in [0.4, 0.5) is 0 Å². The summed E-state index contributed by atoms with van der Waals surface area (Å²) < 4.78 is 16.2. The maximum atomic E-state index is 11.9. The van der Waals surface area contributed by atoms with Crippen LogP contribution in [0.25, 0.3) is 0 Å². The van der Waals surface area contributed by atoms with Crippen molar-refractivity contribution in [1.82, 2.24) is 0 Å². The molecule has 0 aromatic heterocycles. The molecule has 0 radical (unpaired) electrons. The first-order chi connectivity index (χ1) is 14.2. The van der Waals surface area contributed by atoms with Crippen LogP contribution in [-0.2, 0) is 22.8 Å². The minimum absolute atomic E-state index is 0.286. The molecule has 0 aliphatic heterocycles. The molecular weight excluding hydrogens is 483 g/mol. The fourth-order valence-corrected chi connectivity index (χ4v) is 2.61. The number of carbonyl (C=O) groups excluding carboxylic acids is 2. The number of hydrogen-bond donors (Lipinski definition) is 0. The molecule has 3 aromatic carbocycles. The van der Waals surface area contributed by atoms with Crippen LogP contribution in [0.1, 0.15) is 11.1 Å². The van der Waals surface area contributed by atoms with Crippen molar-refractivity contribution in [1.29, 1.82) is 0 Å². The van der Waals surface area contributed by atoms with Crippen LogP contribution in [0.3, 0.4) is 0 Å². The summed E-state index contributed by atoms with van der Waals surface area (Å²) in [6.45, 7) is 0.714. The van der Waals surface area contributed by atoms with Gasteiger partial charge in [0, 0.05) is 6.07 Å². The molecule has 5 nitrogen and oxygen atoms in total. The first-order valence-corrected chi connectivity index (χ1v) is 10.2. The number of hydrogen-bond acceptors (Lipinski definition) is 5. The molecule has 3 aromatic rings. The van der Waals surface area contributed by atoms with Crippen LogP contribution in [0, 0.1) is 0 Å². The summed E-state index contributed by atoms with van der Waals surface area (Å²) >= 11 is 1.72. The second-order valence-electron chi connectivity index (χ2n) is 6.12.